The Bertz CT molecular complexity index is 485. The number of likely N-dealkylation sites (tertiary alicyclic amines) is 1. The lowest BCUT2D eigenvalue weighted by atomic mass is 9.88. The molecule has 0 aliphatic carbocycles. The molecule has 1 fully saturated rings. The lowest BCUT2D eigenvalue weighted by Gasteiger charge is -2.29. The standard InChI is InChI=1S/C15H21ClN2O2/c1-18-6-4-11(5-7-18)12-3-2-10(8-13(12)16)9-14(17)15(19)20/h2-3,8,11,14H,4-7,9,17H2,1H3,(H,19,20). The van der Waals surface area contributed by atoms with Gasteiger partial charge >= 0.3 is 5.97 Å². The van der Waals surface area contributed by atoms with Crippen molar-refractivity contribution in [1.29, 1.82) is 0 Å². The zero-order valence-electron chi connectivity index (χ0n) is 11.7. The Morgan fingerprint density at radius 1 is 1.50 bits per heavy atom. The van der Waals surface area contributed by atoms with Gasteiger partial charge in [-0.3, -0.25) is 4.79 Å². The Morgan fingerprint density at radius 3 is 2.70 bits per heavy atom. The Kier molecular flexibility index (Phi) is 5.02. The van der Waals surface area contributed by atoms with Crippen molar-refractivity contribution in [1.82, 2.24) is 4.90 Å². The third-order valence-corrected chi connectivity index (χ3v) is 4.32. The molecule has 1 aliphatic heterocycles. The van der Waals surface area contributed by atoms with Crippen molar-refractivity contribution >= 4 is 17.6 Å². The number of carboxylic acid groups (broad SMARTS) is 1. The van der Waals surface area contributed by atoms with E-state index in [1.165, 1.54) is 5.56 Å². The first kappa shape index (κ1) is 15.3. The topological polar surface area (TPSA) is 66.6 Å². The lowest BCUT2D eigenvalue weighted by molar-refractivity contribution is -0.138. The molecule has 1 heterocycles. The summed E-state index contributed by atoms with van der Waals surface area (Å²) in [7, 11) is 2.13. The minimum absolute atomic E-state index is 0.308. The van der Waals surface area contributed by atoms with E-state index in [0.717, 1.165) is 36.5 Å². The molecule has 0 bridgehead atoms. The van der Waals surface area contributed by atoms with Gasteiger partial charge in [0.1, 0.15) is 6.04 Å². The van der Waals surface area contributed by atoms with Crippen molar-refractivity contribution in [3.05, 3.63) is 34.3 Å². The number of carbonyl (C=O) groups is 1. The number of nitrogens with zero attached hydrogens (tertiary/aromatic N) is 1. The van der Waals surface area contributed by atoms with Gasteiger partial charge in [-0.25, -0.2) is 0 Å². The number of nitrogens with two attached hydrogens (primary N) is 1. The second-order valence-corrected chi connectivity index (χ2v) is 5.99. The third-order valence-electron chi connectivity index (χ3n) is 4.00. The van der Waals surface area contributed by atoms with E-state index in [1.54, 1.807) is 0 Å². The zero-order chi connectivity index (χ0) is 14.7. The monoisotopic (exact) mass is 296 g/mol. The molecule has 2 rings (SSSR count). The zero-order valence-corrected chi connectivity index (χ0v) is 12.4. The van der Waals surface area contributed by atoms with E-state index >= 15 is 0 Å². The van der Waals surface area contributed by atoms with Crippen LogP contribution in [0.1, 0.15) is 29.9 Å². The highest BCUT2D eigenvalue weighted by Gasteiger charge is 2.21. The summed E-state index contributed by atoms with van der Waals surface area (Å²) < 4.78 is 0. The molecule has 0 aromatic heterocycles. The van der Waals surface area contributed by atoms with E-state index in [2.05, 4.69) is 11.9 Å². The number of aliphatic carboxylic acids is 1. The summed E-state index contributed by atoms with van der Waals surface area (Å²) in [5, 5.41) is 9.56. The van der Waals surface area contributed by atoms with Gasteiger partial charge in [0.2, 0.25) is 0 Å². The Morgan fingerprint density at radius 2 is 2.15 bits per heavy atom. The van der Waals surface area contributed by atoms with E-state index in [4.69, 9.17) is 22.4 Å². The fourth-order valence-corrected chi connectivity index (χ4v) is 3.05. The van der Waals surface area contributed by atoms with E-state index < -0.39 is 12.0 Å². The molecule has 0 spiro atoms. The maximum absolute atomic E-state index is 10.8. The molecule has 110 valence electrons. The summed E-state index contributed by atoms with van der Waals surface area (Å²) in [6, 6.07) is 4.96. The van der Waals surface area contributed by atoms with Gasteiger partial charge in [0.05, 0.1) is 0 Å². The first-order valence-electron chi connectivity index (χ1n) is 6.92. The van der Waals surface area contributed by atoms with Gasteiger partial charge in [-0.15, -0.1) is 0 Å². The number of rotatable bonds is 4. The highest BCUT2D eigenvalue weighted by Crippen LogP contribution is 2.33. The second kappa shape index (κ2) is 6.57. The van der Waals surface area contributed by atoms with Crippen LogP contribution in [0.3, 0.4) is 0 Å². The Hall–Kier alpha value is -1.10. The predicted octanol–water partition coefficient (Wildman–Crippen LogP) is 2.10. The largest absolute Gasteiger partial charge is 0.480 e. The molecular weight excluding hydrogens is 276 g/mol. The first-order chi connectivity index (χ1) is 9.47. The van der Waals surface area contributed by atoms with E-state index in [-0.39, 0.29) is 0 Å². The first-order valence-corrected chi connectivity index (χ1v) is 7.30. The van der Waals surface area contributed by atoms with E-state index in [0.29, 0.717) is 12.3 Å². The molecule has 1 aromatic carbocycles. The molecule has 5 heteroatoms. The van der Waals surface area contributed by atoms with Crippen LogP contribution in [0, 0.1) is 0 Å². The third kappa shape index (κ3) is 3.72. The average molecular weight is 297 g/mol. The van der Waals surface area contributed by atoms with Crippen LogP contribution >= 0.6 is 11.6 Å². The summed E-state index contributed by atoms with van der Waals surface area (Å²) in [6.07, 6.45) is 2.54. The van der Waals surface area contributed by atoms with Gasteiger partial charge in [0, 0.05) is 5.02 Å². The second-order valence-electron chi connectivity index (χ2n) is 5.58. The minimum Gasteiger partial charge on any atom is -0.480 e. The van der Waals surface area contributed by atoms with Gasteiger partial charge in [-0.2, -0.15) is 0 Å². The number of piperidine rings is 1. The van der Waals surface area contributed by atoms with Crippen LogP contribution < -0.4 is 5.73 Å². The molecule has 1 atom stereocenters. The summed E-state index contributed by atoms with van der Waals surface area (Å²) >= 11 is 6.36. The van der Waals surface area contributed by atoms with Gasteiger partial charge < -0.3 is 15.7 Å². The van der Waals surface area contributed by atoms with Crippen molar-refractivity contribution in [3.63, 3.8) is 0 Å². The average Bonchev–Trinajstić information content (AvgIpc) is 2.40. The molecular formula is C15H21ClN2O2. The molecule has 0 radical (unpaired) electrons. The number of hydrogen-bond acceptors (Lipinski definition) is 3. The Balaban J connectivity index is 2.08. The molecule has 0 amide bonds. The number of carboxylic acids is 1. The highest BCUT2D eigenvalue weighted by atomic mass is 35.5. The SMILES string of the molecule is CN1CCC(c2ccc(CC(N)C(=O)O)cc2Cl)CC1. The normalized spacial score (nSPS) is 18.9. The van der Waals surface area contributed by atoms with Crippen LogP contribution in [0.4, 0.5) is 0 Å². The maximum atomic E-state index is 10.8. The van der Waals surface area contributed by atoms with Crippen molar-refractivity contribution in [2.24, 2.45) is 5.73 Å². The van der Waals surface area contributed by atoms with E-state index in [1.807, 2.05) is 18.2 Å². The summed E-state index contributed by atoms with van der Waals surface area (Å²) in [5.41, 5.74) is 7.60. The number of halogens is 1. The molecule has 1 aliphatic rings. The lowest BCUT2D eigenvalue weighted by Crippen LogP contribution is -2.32. The molecule has 20 heavy (non-hydrogen) atoms. The minimum atomic E-state index is -0.986. The summed E-state index contributed by atoms with van der Waals surface area (Å²) in [4.78, 5) is 13.1. The predicted molar refractivity (Wildman–Crippen MR) is 80.2 cm³/mol. The van der Waals surface area contributed by atoms with Crippen LogP contribution in [0.15, 0.2) is 18.2 Å². The van der Waals surface area contributed by atoms with Crippen LogP contribution in [0.25, 0.3) is 0 Å². The van der Waals surface area contributed by atoms with Crippen molar-refractivity contribution in [3.8, 4) is 0 Å². The van der Waals surface area contributed by atoms with E-state index in [9.17, 15) is 4.79 Å². The summed E-state index contributed by atoms with van der Waals surface area (Å²) in [6.45, 7) is 2.18. The van der Waals surface area contributed by atoms with Crippen LogP contribution in [0.5, 0.6) is 0 Å². The maximum Gasteiger partial charge on any atom is 0.320 e. The van der Waals surface area contributed by atoms with Gasteiger partial charge in [-0.05, 0) is 62.5 Å². The van der Waals surface area contributed by atoms with Gasteiger partial charge in [-0.1, -0.05) is 23.7 Å². The summed E-state index contributed by atoms with van der Waals surface area (Å²) in [5.74, 6) is -0.485. The number of hydrogen-bond donors (Lipinski definition) is 2. The molecule has 3 N–H and O–H groups in total. The molecule has 1 unspecified atom stereocenters. The molecule has 0 saturated carbocycles. The highest BCUT2D eigenvalue weighted by molar-refractivity contribution is 6.31. The Labute approximate surface area is 124 Å². The quantitative estimate of drug-likeness (QED) is 0.893. The molecule has 1 saturated heterocycles. The van der Waals surface area contributed by atoms with Crippen LogP contribution in [-0.4, -0.2) is 42.2 Å². The molecule has 1 aromatic rings. The number of benzene rings is 1. The smallest absolute Gasteiger partial charge is 0.320 e. The van der Waals surface area contributed by atoms with Crippen LogP contribution in [-0.2, 0) is 11.2 Å². The fraction of sp³-hybridized carbons (Fsp3) is 0.533. The van der Waals surface area contributed by atoms with Crippen LogP contribution in [0.2, 0.25) is 5.02 Å². The van der Waals surface area contributed by atoms with Crippen molar-refractivity contribution in [2.45, 2.75) is 31.2 Å². The fourth-order valence-electron chi connectivity index (χ4n) is 2.69. The van der Waals surface area contributed by atoms with Gasteiger partial charge in [0.25, 0.3) is 0 Å². The van der Waals surface area contributed by atoms with Crippen molar-refractivity contribution < 1.29 is 9.90 Å². The van der Waals surface area contributed by atoms with Crippen molar-refractivity contribution in [2.75, 3.05) is 20.1 Å². The van der Waals surface area contributed by atoms with Gasteiger partial charge in [0.15, 0.2) is 0 Å². The molecule has 4 nitrogen and oxygen atoms in total.